The van der Waals surface area contributed by atoms with Gasteiger partial charge in [0.2, 0.25) is 0 Å². The third kappa shape index (κ3) is 2.82. The molecule has 0 aliphatic rings. The smallest absolute Gasteiger partial charge is 0.283 e. The molecule has 2 heterocycles. The van der Waals surface area contributed by atoms with Crippen molar-refractivity contribution in [3.8, 4) is 0 Å². The Kier molecular flexibility index (Phi) is 3.96. The molecule has 0 aromatic carbocycles. The number of pyridine rings is 1. The summed E-state index contributed by atoms with van der Waals surface area (Å²) in [6, 6.07) is 5.23. The van der Waals surface area contributed by atoms with Gasteiger partial charge in [0.1, 0.15) is 5.69 Å². The molecular formula is C12H14BrN5O. The molecule has 0 spiro atoms. The average Bonchev–Trinajstić information content (AvgIpc) is 2.66. The minimum absolute atomic E-state index is 0.292. The van der Waals surface area contributed by atoms with Crippen molar-refractivity contribution in [2.75, 3.05) is 0 Å². The van der Waals surface area contributed by atoms with Gasteiger partial charge >= 0.3 is 0 Å². The van der Waals surface area contributed by atoms with E-state index in [0.29, 0.717) is 12.2 Å². The molecule has 0 aliphatic heterocycles. The second-order valence-electron chi connectivity index (χ2n) is 4.13. The van der Waals surface area contributed by atoms with Crippen LogP contribution in [0, 0.1) is 13.8 Å². The van der Waals surface area contributed by atoms with E-state index in [1.165, 1.54) is 0 Å². The SMILES string of the molecule is Cc1nn(Cc2cccc(C(=O)NN)n2)c(C)c1Br. The van der Waals surface area contributed by atoms with E-state index in [-0.39, 0.29) is 0 Å². The summed E-state index contributed by atoms with van der Waals surface area (Å²) in [6.45, 7) is 4.41. The summed E-state index contributed by atoms with van der Waals surface area (Å²) >= 11 is 3.48. The number of hydrogen-bond donors (Lipinski definition) is 2. The number of rotatable bonds is 3. The number of hydrazine groups is 1. The van der Waals surface area contributed by atoms with Crippen LogP contribution in [0.5, 0.6) is 0 Å². The number of aryl methyl sites for hydroxylation is 1. The lowest BCUT2D eigenvalue weighted by Gasteiger charge is -2.05. The first-order valence-electron chi connectivity index (χ1n) is 5.69. The fourth-order valence-corrected chi connectivity index (χ4v) is 2.03. The maximum Gasteiger partial charge on any atom is 0.283 e. The molecule has 7 heteroatoms. The van der Waals surface area contributed by atoms with E-state index >= 15 is 0 Å². The molecule has 0 fully saturated rings. The van der Waals surface area contributed by atoms with E-state index in [2.05, 4.69) is 31.4 Å². The number of nitrogens with one attached hydrogen (secondary N) is 1. The quantitative estimate of drug-likeness (QED) is 0.506. The molecule has 0 atom stereocenters. The second kappa shape index (κ2) is 5.50. The maximum absolute atomic E-state index is 11.4. The van der Waals surface area contributed by atoms with Crippen molar-refractivity contribution in [1.29, 1.82) is 0 Å². The van der Waals surface area contributed by atoms with Gasteiger partial charge < -0.3 is 0 Å². The summed E-state index contributed by atoms with van der Waals surface area (Å²) in [7, 11) is 0. The summed E-state index contributed by atoms with van der Waals surface area (Å²) in [5, 5.41) is 4.40. The van der Waals surface area contributed by atoms with Gasteiger partial charge in [-0.05, 0) is 41.9 Å². The van der Waals surface area contributed by atoms with Gasteiger partial charge in [-0.25, -0.2) is 10.8 Å². The highest BCUT2D eigenvalue weighted by atomic mass is 79.9. The molecule has 2 aromatic heterocycles. The van der Waals surface area contributed by atoms with E-state index in [1.54, 1.807) is 12.1 Å². The van der Waals surface area contributed by atoms with Gasteiger partial charge in [-0.15, -0.1) is 0 Å². The fourth-order valence-electron chi connectivity index (χ4n) is 1.75. The molecule has 19 heavy (non-hydrogen) atoms. The lowest BCUT2D eigenvalue weighted by molar-refractivity contribution is 0.0948. The molecule has 100 valence electrons. The number of carbonyl (C=O) groups is 1. The molecule has 0 aliphatic carbocycles. The Morgan fingerprint density at radius 2 is 2.21 bits per heavy atom. The lowest BCUT2D eigenvalue weighted by atomic mass is 10.3. The van der Waals surface area contributed by atoms with Crippen LogP contribution in [-0.2, 0) is 6.54 Å². The first-order chi connectivity index (χ1) is 9.02. The van der Waals surface area contributed by atoms with Crippen LogP contribution >= 0.6 is 15.9 Å². The van der Waals surface area contributed by atoms with Crippen molar-refractivity contribution in [3.63, 3.8) is 0 Å². The van der Waals surface area contributed by atoms with Gasteiger partial charge in [0.15, 0.2) is 0 Å². The molecular weight excluding hydrogens is 310 g/mol. The van der Waals surface area contributed by atoms with Crippen LogP contribution in [-0.4, -0.2) is 20.7 Å². The van der Waals surface area contributed by atoms with Crippen LogP contribution in [0.4, 0.5) is 0 Å². The molecule has 3 N–H and O–H groups in total. The Bertz CT molecular complexity index is 623. The summed E-state index contributed by atoms with van der Waals surface area (Å²) < 4.78 is 2.83. The third-order valence-electron chi connectivity index (χ3n) is 2.78. The first-order valence-corrected chi connectivity index (χ1v) is 6.48. The number of nitrogen functional groups attached to an aromatic ring is 1. The van der Waals surface area contributed by atoms with Crippen molar-refractivity contribution in [2.24, 2.45) is 5.84 Å². The number of hydrogen-bond acceptors (Lipinski definition) is 4. The number of nitrogens with zero attached hydrogens (tertiary/aromatic N) is 3. The zero-order valence-corrected chi connectivity index (χ0v) is 12.2. The van der Waals surface area contributed by atoms with Crippen LogP contribution in [0.15, 0.2) is 22.7 Å². The summed E-state index contributed by atoms with van der Waals surface area (Å²) in [5.74, 6) is 4.68. The highest BCUT2D eigenvalue weighted by Crippen LogP contribution is 2.20. The van der Waals surface area contributed by atoms with Crippen molar-refractivity contribution in [2.45, 2.75) is 20.4 Å². The van der Waals surface area contributed by atoms with Crippen LogP contribution in [0.1, 0.15) is 27.6 Å². The van der Waals surface area contributed by atoms with E-state index < -0.39 is 5.91 Å². The van der Waals surface area contributed by atoms with Crippen LogP contribution in [0.3, 0.4) is 0 Å². The predicted molar refractivity (Wildman–Crippen MR) is 74.4 cm³/mol. The molecule has 1 amide bonds. The first kappa shape index (κ1) is 13.7. The van der Waals surface area contributed by atoms with Gasteiger partial charge in [-0.2, -0.15) is 5.10 Å². The molecule has 0 saturated heterocycles. The van der Waals surface area contributed by atoms with Gasteiger partial charge in [0, 0.05) is 0 Å². The standard InChI is InChI=1S/C12H14BrN5O/c1-7-11(13)8(2)18(17-7)6-9-4-3-5-10(15-9)12(19)16-14/h3-5H,6,14H2,1-2H3,(H,16,19). The van der Waals surface area contributed by atoms with Crippen LogP contribution < -0.4 is 11.3 Å². The Balaban J connectivity index is 2.28. The predicted octanol–water partition coefficient (Wildman–Crippen LogP) is 1.31. The van der Waals surface area contributed by atoms with Gasteiger partial charge in [0.05, 0.1) is 28.1 Å². The molecule has 6 nitrogen and oxygen atoms in total. The number of halogens is 1. The average molecular weight is 324 g/mol. The van der Waals surface area contributed by atoms with Crippen LogP contribution in [0.25, 0.3) is 0 Å². The molecule has 2 rings (SSSR count). The summed E-state index contributed by atoms with van der Waals surface area (Å²) in [6.07, 6.45) is 0. The zero-order valence-electron chi connectivity index (χ0n) is 10.6. The Morgan fingerprint density at radius 1 is 1.47 bits per heavy atom. The van der Waals surface area contributed by atoms with Crippen molar-refractivity contribution in [1.82, 2.24) is 20.2 Å². The number of amides is 1. The minimum Gasteiger partial charge on any atom is -0.289 e. The van der Waals surface area contributed by atoms with Crippen molar-refractivity contribution in [3.05, 3.63) is 45.4 Å². The highest BCUT2D eigenvalue weighted by Gasteiger charge is 2.11. The topological polar surface area (TPSA) is 85.8 Å². The van der Waals surface area contributed by atoms with Gasteiger partial charge in [-0.1, -0.05) is 6.07 Å². The van der Waals surface area contributed by atoms with Crippen molar-refractivity contribution < 1.29 is 4.79 Å². The van der Waals surface area contributed by atoms with E-state index in [9.17, 15) is 4.79 Å². The molecule has 0 radical (unpaired) electrons. The fraction of sp³-hybridized carbons (Fsp3) is 0.250. The Hall–Kier alpha value is -1.73. The molecule has 0 saturated carbocycles. The summed E-state index contributed by atoms with van der Waals surface area (Å²) in [5.41, 5.74) is 5.05. The second-order valence-corrected chi connectivity index (χ2v) is 4.92. The largest absolute Gasteiger partial charge is 0.289 e. The lowest BCUT2D eigenvalue weighted by Crippen LogP contribution is -2.30. The van der Waals surface area contributed by atoms with E-state index in [4.69, 9.17) is 5.84 Å². The normalized spacial score (nSPS) is 10.5. The minimum atomic E-state index is -0.406. The van der Waals surface area contributed by atoms with Crippen LogP contribution in [0.2, 0.25) is 0 Å². The van der Waals surface area contributed by atoms with E-state index in [0.717, 1.165) is 21.6 Å². The highest BCUT2D eigenvalue weighted by molar-refractivity contribution is 9.10. The Morgan fingerprint density at radius 3 is 2.79 bits per heavy atom. The molecule has 0 bridgehead atoms. The van der Waals surface area contributed by atoms with Crippen molar-refractivity contribution >= 4 is 21.8 Å². The van der Waals surface area contributed by atoms with E-state index in [1.807, 2.05) is 24.6 Å². The number of aromatic nitrogens is 3. The monoisotopic (exact) mass is 323 g/mol. The number of carbonyl (C=O) groups excluding carboxylic acids is 1. The Labute approximate surface area is 119 Å². The van der Waals surface area contributed by atoms with Gasteiger partial charge in [0.25, 0.3) is 5.91 Å². The third-order valence-corrected chi connectivity index (χ3v) is 3.92. The molecule has 0 unspecified atom stereocenters. The zero-order chi connectivity index (χ0) is 14.0. The maximum atomic E-state index is 11.4. The molecule has 2 aromatic rings. The summed E-state index contributed by atoms with van der Waals surface area (Å²) in [4.78, 5) is 15.7. The van der Waals surface area contributed by atoms with Gasteiger partial charge in [-0.3, -0.25) is 14.9 Å². The number of nitrogens with two attached hydrogens (primary N) is 1.